The van der Waals surface area contributed by atoms with Crippen molar-refractivity contribution < 1.29 is 4.79 Å². The number of nitrogens with one attached hydrogen (secondary N) is 1. The van der Waals surface area contributed by atoms with Crippen LogP contribution in [-0.2, 0) is 11.3 Å². The lowest BCUT2D eigenvalue weighted by Gasteiger charge is -2.23. The summed E-state index contributed by atoms with van der Waals surface area (Å²) in [7, 11) is 0. The molecule has 0 aliphatic carbocycles. The molecule has 0 bridgehead atoms. The Labute approximate surface area is 114 Å². The van der Waals surface area contributed by atoms with Crippen LogP contribution >= 0.6 is 0 Å². The molecule has 2 rings (SSSR count). The highest BCUT2D eigenvalue weighted by Gasteiger charge is 2.29. The summed E-state index contributed by atoms with van der Waals surface area (Å²) in [6.45, 7) is 5.89. The van der Waals surface area contributed by atoms with Crippen molar-refractivity contribution in [3.8, 4) is 0 Å². The Hall–Kier alpha value is -1.62. The molecule has 104 valence electrons. The van der Waals surface area contributed by atoms with E-state index in [0.717, 1.165) is 37.3 Å². The number of primary amides is 1. The maximum Gasteiger partial charge on any atom is 0.240 e. The van der Waals surface area contributed by atoms with Crippen molar-refractivity contribution >= 4 is 11.7 Å². The van der Waals surface area contributed by atoms with Gasteiger partial charge in [0.25, 0.3) is 0 Å². The van der Waals surface area contributed by atoms with Crippen molar-refractivity contribution in [3.05, 3.63) is 23.9 Å². The van der Waals surface area contributed by atoms with Crippen LogP contribution in [0.3, 0.4) is 0 Å². The summed E-state index contributed by atoms with van der Waals surface area (Å²) in [5.41, 5.74) is 6.56. The van der Waals surface area contributed by atoms with Gasteiger partial charge in [-0.25, -0.2) is 4.98 Å². The van der Waals surface area contributed by atoms with Gasteiger partial charge in [0.1, 0.15) is 11.9 Å². The molecule has 0 saturated carbocycles. The maximum atomic E-state index is 11.4. The van der Waals surface area contributed by atoms with E-state index in [1.165, 1.54) is 0 Å². The summed E-state index contributed by atoms with van der Waals surface area (Å²) < 4.78 is 0. The molecular weight excluding hydrogens is 240 g/mol. The zero-order valence-corrected chi connectivity index (χ0v) is 11.6. The predicted molar refractivity (Wildman–Crippen MR) is 75.8 cm³/mol. The Balaban J connectivity index is 2.03. The van der Waals surface area contributed by atoms with Gasteiger partial charge in [-0.15, -0.1) is 0 Å². The number of carbonyl (C=O) groups excluding carboxylic acids is 1. The van der Waals surface area contributed by atoms with Gasteiger partial charge in [-0.1, -0.05) is 19.9 Å². The van der Waals surface area contributed by atoms with E-state index < -0.39 is 0 Å². The van der Waals surface area contributed by atoms with Gasteiger partial charge >= 0.3 is 0 Å². The molecule has 5 heteroatoms. The highest BCUT2D eigenvalue weighted by atomic mass is 16.1. The van der Waals surface area contributed by atoms with Crippen molar-refractivity contribution in [1.82, 2.24) is 10.3 Å². The first-order valence-electron chi connectivity index (χ1n) is 6.82. The van der Waals surface area contributed by atoms with Gasteiger partial charge in [-0.2, -0.15) is 0 Å². The second kappa shape index (κ2) is 6.02. The molecule has 1 aliphatic heterocycles. The molecule has 1 aromatic rings. The molecule has 1 unspecified atom stereocenters. The smallest absolute Gasteiger partial charge is 0.240 e. The van der Waals surface area contributed by atoms with E-state index in [1.807, 2.05) is 23.2 Å². The number of nitrogens with zero attached hydrogens (tertiary/aromatic N) is 2. The van der Waals surface area contributed by atoms with Crippen LogP contribution in [-0.4, -0.2) is 29.5 Å². The van der Waals surface area contributed by atoms with E-state index in [-0.39, 0.29) is 11.9 Å². The normalized spacial score (nSPS) is 19.1. The minimum absolute atomic E-state index is 0.202. The van der Waals surface area contributed by atoms with Gasteiger partial charge in [0.2, 0.25) is 5.91 Å². The van der Waals surface area contributed by atoms with E-state index >= 15 is 0 Å². The van der Waals surface area contributed by atoms with Crippen LogP contribution in [0, 0.1) is 0 Å². The van der Waals surface area contributed by atoms with E-state index in [0.29, 0.717) is 6.04 Å². The van der Waals surface area contributed by atoms with Gasteiger partial charge in [-0.05, 0) is 24.5 Å². The third kappa shape index (κ3) is 3.44. The molecule has 1 aromatic heterocycles. The van der Waals surface area contributed by atoms with Gasteiger partial charge in [0.15, 0.2) is 0 Å². The van der Waals surface area contributed by atoms with Gasteiger partial charge in [-0.3, -0.25) is 4.79 Å². The fraction of sp³-hybridized carbons (Fsp3) is 0.571. The van der Waals surface area contributed by atoms with Crippen molar-refractivity contribution in [3.63, 3.8) is 0 Å². The quantitative estimate of drug-likeness (QED) is 0.831. The first-order chi connectivity index (χ1) is 9.08. The van der Waals surface area contributed by atoms with Gasteiger partial charge < -0.3 is 16.0 Å². The molecule has 1 amide bonds. The first-order valence-corrected chi connectivity index (χ1v) is 6.82. The second-order valence-corrected chi connectivity index (χ2v) is 5.31. The van der Waals surface area contributed by atoms with E-state index in [9.17, 15) is 4.79 Å². The average Bonchev–Trinajstić information content (AvgIpc) is 2.86. The summed E-state index contributed by atoms with van der Waals surface area (Å²) in [6, 6.07) is 4.27. The molecule has 0 radical (unpaired) electrons. The Morgan fingerprint density at radius 1 is 1.58 bits per heavy atom. The fourth-order valence-corrected chi connectivity index (χ4v) is 2.35. The molecule has 0 aromatic carbocycles. The van der Waals surface area contributed by atoms with Crippen LogP contribution in [0.4, 0.5) is 5.82 Å². The Bertz CT molecular complexity index is 430. The Morgan fingerprint density at radius 2 is 2.37 bits per heavy atom. The highest BCUT2D eigenvalue weighted by molar-refractivity contribution is 5.83. The van der Waals surface area contributed by atoms with Crippen molar-refractivity contribution in [1.29, 1.82) is 0 Å². The standard InChI is InChI=1S/C14H22N4O/c1-10(2)16-8-11-5-6-13(17-9-11)18-7-3-4-12(18)14(15)19/h5-6,9-10,12,16H,3-4,7-8H2,1-2H3,(H2,15,19). The number of amides is 1. The third-order valence-corrected chi connectivity index (χ3v) is 3.40. The fourth-order valence-electron chi connectivity index (χ4n) is 2.35. The molecule has 19 heavy (non-hydrogen) atoms. The summed E-state index contributed by atoms with van der Waals surface area (Å²) in [4.78, 5) is 17.8. The lowest BCUT2D eigenvalue weighted by Crippen LogP contribution is -2.40. The number of nitrogens with two attached hydrogens (primary N) is 1. The molecule has 2 heterocycles. The zero-order chi connectivity index (χ0) is 13.8. The minimum Gasteiger partial charge on any atom is -0.368 e. The van der Waals surface area contributed by atoms with Gasteiger partial charge in [0, 0.05) is 25.3 Å². The summed E-state index contributed by atoms with van der Waals surface area (Å²) in [6.07, 6.45) is 3.68. The summed E-state index contributed by atoms with van der Waals surface area (Å²) in [5, 5.41) is 3.35. The Morgan fingerprint density at radius 3 is 2.95 bits per heavy atom. The molecule has 1 aliphatic rings. The predicted octanol–water partition coefficient (Wildman–Crippen LogP) is 1.03. The van der Waals surface area contributed by atoms with Crippen LogP contribution in [0.5, 0.6) is 0 Å². The van der Waals surface area contributed by atoms with Crippen molar-refractivity contribution in [2.24, 2.45) is 5.73 Å². The highest BCUT2D eigenvalue weighted by Crippen LogP contribution is 2.23. The van der Waals surface area contributed by atoms with Crippen LogP contribution < -0.4 is 16.0 Å². The zero-order valence-electron chi connectivity index (χ0n) is 11.6. The minimum atomic E-state index is -0.259. The van der Waals surface area contributed by atoms with Crippen molar-refractivity contribution in [2.75, 3.05) is 11.4 Å². The number of pyridine rings is 1. The molecule has 1 fully saturated rings. The van der Waals surface area contributed by atoms with E-state index in [2.05, 4.69) is 24.1 Å². The number of hydrogen-bond acceptors (Lipinski definition) is 4. The Kier molecular flexibility index (Phi) is 4.37. The SMILES string of the molecule is CC(C)NCc1ccc(N2CCCC2C(N)=O)nc1. The second-order valence-electron chi connectivity index (χ2n) is 5.31. The molecule has 3 N–H and O–H groups in total. The van der Waals surface area contributed by atoms with E-state index in [4.69, 9.17) is 5.73 Å². The van der Waals surface area contributed by atoms with Crippen LogP contribution in [0.15, 0.2) is 18.3 Å². The maximum absolute atomic E-state index is 11.4. The van der Waals surface area contributed by atoms with Gasteiger partial charge in [0.05, 0.1) is 0 Å². The van der Waals surface area contributed by atoms with Crippen LogP contribution in [0.25, 0.3) is 0 Å². The molecular formula is C14H22N4O. The number of rotatable bonds is 5. The first kappa shape index (κ1) is 13.8. The monoisotopic (exact) mass is 262 g/mol. The van der Waals surface area contributed by atoms with E-state index in [1.54, 1.807) is 0 Å². The number of aromatic nitrogens is 1. The molecule has 5 nitrogen and oxygen atoms in total. The average molecular weight is 262 g/mol. The molecule has 1 atom stereocenters. The molecule has 0 spiro atoms. The third-order valence-electron chi connectivity index (χ3n) is 3.40. The molecule has 1 saturated heterocycles. The van der Waals surface area contributed by atoms with Crippen LogP contribution in [0.2, 0.25) is 0 Å². The number of hydrogen-bond donors (Lipinski definition) is 2. The topological polar surface area (TPSA) is 71.2 Å². The lowest BCUT2D eigenvalue weighted by atomic mass is 10.2. The number of anilines is 1. The lowest BCUT2D eigenvalue weighted by molar-refractivity contribution is -0.119. The summed E-state index contributed by atoms with van der Waals surface area (Å²) in [5.74, 6) is 0.583. The van der Waals surface area contributed by atoms with Crippen LogP contribution in [0.1, 0.15) is 32.3 Å². The largest absolute Gasteiger partial charge is 0.368 e. The van der Waals surface area contributed by atoms with Crippen molar-refractivity contribution in [2.45, 2.75) is 45.3 Å². The number of carbonyl (C=O) groups is 1. The summed E-state index contributed by atoms with van der Waals surface area (Å²) >= 11 is 0.